The monoisotopic (exact) mass is 392 g/mol. The molecule has 0 unspecified atom stereocenters. The molecular weight excluding hydrogens is 360 g/mol. The normalized spacial score (nSPS) is 30.3. The third kappa shape index (κ3) is 7.96. The van der Waals surface area contributed by atoms with Gasteiger partial charge in [0.1, 0.15) is 0 Å². The van der Waals surface area contributed by atoms with Gasteiger partial charge in [-0.1, -0.05) is 0 Å². The molecule has 0 amide bonds. The first-order chi connectivity index (χ1) is 13.9. The van der Waals surface area contributed by atoms with E-state index >= 15 is 0 Å². The fourth-order valence-corrected chi connectivity index (χ4v) is 2.96. The van der Waals surface area contributed by atoms with Gasteiger partial charge in [0.2, 0.25) is 0 Å². The summed E-state index contributed by atoms with van der Waals surface area (Å²) >= 11 is 0. The Bertz CT molecular complexity index is 510. The van der Waals surface area contributed by atoms with Crippen molar-refractivity contribution < 1.29 is 0 Å². The van der Waals surface area contributed by atoms with Crippen LogP contribution in [-0.4, -0.2) is 102 Å². The van der Waals surface area contributed by atoms with E-state index in [9.17, 15) is 0 Å². The molecule has 12 heteroatoms. The van der Waals surface area contributed by atoms with Gasteiger partial charge in [-0.2, -0.15) is 15.3 Å². The zero-order chi connectivity index (χ0) is 19.3. The zero-order valence-corrected chi connectivity index (χ0v) is 16.1. The van der Waals surface area contributed by atoms with Crippen molar-refractivity contribution in [2.24, 2.45) is 20.4 Å². The largest absolute Gasteiger partial charge is 0.314 e. The van der Waals surface area contributed by atoms with Crippen LogP contribution in [0.1, 0.15) is 0 Å². The summed E-state index contributed by atoms with van der Waals surface area (Å²) in [5.74, 6) is 0.361. The highest BCUT2D eigenvalue weighted by Gasteiger charge is 2.10. The quantitative estimate of drug-likeness (QED) is 0.130. The minimum Gasteiger partial charge on any atom is -0.314 e. The number of rotatable bonds is 6. The lowest BCUT2D eigenvalue weighted by molar-refractivity contribution is 0.491. The lowest BCUT2D eigenvalue weighted by Gasteiger charge is -2.21. The molecule has 0 saturated carbocycles. The second-order valence-corrected chi connectivity index (χ2v) is 6.79. The Morgan fingerprint density at radius 1 is 0.643 bits per heavy atom. The molecule has 3 aliphatic heterocycles. The SMILES string of the molecule is C(=N/N=C(N/N=C\[C@@H]1CNCCN1)N/N=C/[C@@H]1CNCCN1)/[C@@H]1CNCCN1. The molecule has 3 heterocycles. The van der Waals surface area contributed by atoms with Crippen molar-refractivity contribution in [3.05, 3.63) is 0 Å². The van der Waals surface area contributed by atoms with Gasteiger partial charge in [-0.15, -0.1) is 5.10 Å². The number of nitrogens with one attached hydrogen (secondary N) is 8. The molecule has 0 aliphatic carbocycles. The van der Waals surface area contributed by atoms with Crippen LogP contribution < -0.4 is 42.8 Å². The van der Waals surface area contributed by atoms with Crippen LogP contribution in [0, 0.1) is 0 Å². The van der Waals surface area contributed by atoms with Crippen molar-refractivity contribution in [3.8, 4) is 0 Å². The highest BCUT2D eigenvalue weighted by molar-refractivity contribution is 5.82. The molecule has 3 rings (SSSR count). The maximum atomic E-state index is 4.25. The molecule has 3 aliphatic rings. The minimum atomic E-state index is 0.167. The number of hydrazone groups is 2. The van der Waals surface area contributed by atoms with Gasteiger partial charge in [0, 0.05) is 77.5 Å². The topological polar surface area (TPSA) is 146 Å². The predicted octanol–water partition coefficient (Wildman–Crippen LogP) is -3.84. The summed E-state index contributed by atoms with van der Waals surface area (Å²) in [6, 6.07) is 0.537. The van der Waals surface area contributed by atoms with Gasteiger partial charge in [0.15, 0.2) is 0 Å². The van der Waals surface area contributed by atoms with Crippen LogP contribution in [0.3, 0.4) is 0 Å². The van der Waals surface area contributed by atoms with E-state index in [1.807, 2.05) is 12.4 Å². The molecule has 3 atom stereocenters. The molecule has 12 nitrogen and oxygen atoms in total. The lowest BCUT2D eigenvalue weighted by atomic mass is 10.2. The number of piperazine rings is 3. The predicted molar refractivity (Wildman–Crippen MR) is 113 cm³/mol. The molecular formula is C16H32N12. The molecule has 0 radical (unpaired) electrons. The van der Waals surface area contributed by atoms with E-state index in [0.29, 0.717) is 5.96 Å². The summed E-state index contributed by atoms with van der Waals surface area (Å²) < 4.78 is 0. The van der Waals surface area contributed by atoms with E-state index in [4.69, 9.17) is 0 Å². The van der Waals surface area contributed by atoms with Crippen LogP contribution in [-0.2, 0) is 0 Å². The molecule has 28 heavy (non-hydrogen) atoms. The molecule has 0 spiro atoms. The van der Waals surface area contributed by atoms with E-state index in [2.05, 4.69) is 63.2 Å². The van der Waals surface area contributed by atoms with E-state index in [1.54, 1.807) is 6.21 Å². The van der Waals surface area contributed by atoms with E-state index in [-0.39, 0.29) is 18.1 Å². The maximum Gasteiger partial charge on any atom is 0.257 e. The number of guanidine groups is 1. The summed E-state index contributed by atoms with van der Waals surface area (Å²) in [6.45, 7) is 8.23. The summed E-state index contributed by atoms with van der Waals surface area (Å²) in [6.07, 6.45) is 5.41. The van der Waals surface area contributed by atoms with Crippen molar-refractivity contribution in [1.82, 2.24) is 42.8 Å². The van der Waals surface area contributed by atoms with Crippen molar-refractivity contribution in [1.29, 1.82) is 0 Å². The Morgan fingerprint density at radius 2 is 1.11 bits per heavy atom. The standard InChI is InChI=1S/C16H32N12/c1-4-20-13(7-17-1)10-23-26-16(27-24-11-14-8-18-2-5-21-14)28-25-12-15-9-19-3-6-22-15/h10-15,17-22H,1-9H2,(H2,26,27,28)/b23-10-,24-11-,25-12+/t13-,14-,15-/m0/s1. The maximum absolute atomic E-state index is 4.25. The van der Waals surface area contributed by atoms with Gasteiger partial charge in [0.25, 0.3) is 5.96 Å². The molecule has 0 aromatic rings. The molecule has 3 saturated heterocycles. The van der Waals surface area contributed by atoms with Crippen LogP contribution >= 0.6 is 0 Å². The Balaban J connectivity index is 1.52. The van der Waals surface area contributed by atoms with Gasteiger partial charge < -0.3 is 31.9 Å². The Labute approximate surface area is 165 Å². The minimum absolute atomic E-state index is 0.167. The average molecular weight is 393 g/mol. The molecule has 0 aromatic heterocycles. The molecule has 0 aromatic carbocycles. The second-order valence-electron chi connectivity index (χ2n) is 6.79. The molecule has 8 N–H and O–H groups in total. The highest BCUT2D eigenvalue weighted by Crippen LogP contribution is 1.86. The third-order valence-corrected chi connectivity index (χ3v) is 4.47. The van der Waals surface area contributed by atoms with E-state index < -0.39 is 0 Å². The fourth-order valence-electron chi connectivity index (χ4n) is 2.96. The van der Waals surface area contributed by atoms with Gasteiger partial charge in [-0.05, 0) is 0 Å². The first-order valence-electron chi connectivity index (χ1n) is 9.92. The van der Waals surface area contributed by atoms with Gasteiger partial charge >= 0.3 is 0 Å². The number of hydrogen-bond acceptors (Lipinski definition) is 10. The van der Waals surface area contributed by atoms with Crippen LogP contribution in [0.5, 0.6) is 0 Å². The summed E-state index contributed by atoms with van der Waals surface area (Å²) in [5, 5.41) is 36.9. The van der Waals surface area contributed by atoms with Crippen LogP contribution in [0.4, 0.5) is 0 Å². The summed E-state index contributed by atoms with van der Waals surface area (Å²) in [4.78, 5) is 0. The third-order valence-electron chi connectivity index (χ3n) is 4.47. The first-order valence-corrected chi connectivity index (χ1v) is 9.92. The molecule has 3 fully saturated rings. The van der Waals surface area contributed by atoms with Crippen LogP contribution in [0.25, 0.3) is 0 Å². The molecule has 0 bridgehead atoms. The summed E-state index contributed by atoms with van der Waals surface area (Å²) in [5.41, 5.74) is 5.77. The van der Waals surface area contributed by atoms with Gasteiger partial charge in [-0.3, -0.25) is 0 Å². The Hall–Kier alpha value is -1.96. The molecule has 156 valence electrons. The fraction of sp³-hybridized carbons (Fsp3) is 0.750. The van der Waals surface area contributed by atoms with Crippen molar-refractivity contribution in [2.45, 2.75) is 18.1 Å². The van der Waals surface area contributed by atoms with Crippen LogP contribution in [0.15, 0.2) is 20.4 Å². The van der Waals surface area contributed by atoms with Gasteiger partial charge in [0.05, 0.1) is 18.1 Å². The number of nitrogens with zero attached hydrogens (tertiary/aromatic N) is 4. The zero-order valence-electron chi connectivity index (χ0n) is 16.1. The Kier molecular flexibility index (Phi) is 9.26. The Morgan fingerprint density at radius 3 is 1.54 bits per heavy atom. The van der Waals surface area contributed by atoms with E-state index in [0.717, 1.165) is 58.9 Å². The first kappa shape index (κ1) is 20.8. The van der Waals surface area contributed by atoms with Gasteiger partial charge in [-0.25, -0.2) is 10.9 Å². The van der Waals surface area contributed by atoms with Crippen LogP contribution in [0.2, 0.25) is 0 Å². The summed E-state index contributed by atoms with van der Waals surface area (Å²) in [7, 11) is 0. The smallest absolute Gasteiger partial charge is 0.257 e. The van der Waals surface area contributed by atoms with Crippen molar-refractivity contribution in [3.63, 3.8) is 0 Å². The number of hydrogen-bond donors (Lipinski definition) is 8. The highest BCUT2D eigenvalue weighted by atomic mass is 15.5. The van der Waals surface area contributed by atoms with Crippen molar-refractivity contribution >= 4 is 24.6 Å². The van der Waals surface area contributed by atoms with Crippen molar-refractivity contribution in [2.75, 3.05) is 58.9 Å². The average Bonchev–Trinajstić information content (AvgIpc) is 2.76. The van der Waals surface area contributed by atoms with E-state index in [1.165, 1.54) is 0 Å². The second kappa shape index (κ2) is 12.5. The lowest BCUT2D eigenvalue weighted by Crippen LogP contribution is -2.49.